The van der Waals surface area contributed by atoms with Crippen LogP contribution in [0.3, 0.4) is 0 Å². The zero-order chi connectivity index (χ0) is 21.8. The van der Waals surface area contributed by atoms with E-state index >= 15 is 0 Å². The number of nitrogens with zero attached hydrogens (tertiary/aromatic N) is 4. The van der Waals surface area contributed by atoms with E-state index in [1.165, 1.54) is 11.1 Å². The monoisotopic (exact) mass is 438 g/mol. The van der Waals surface area contributed by atoms with Gasteiger partial charge in [-0.2, -0.15) is 30.9 Å². The van der Waals surface area contributed by atoms with Crippen LogP contribution >= 0.6 is 11.3 Å². The van der Waals surface area contributed by atoms with Crippen LogP contribution in [0.5, 0.6) is 0 Å². The molecule has 0 unspecified atom stereocenters. The van der Waals surface area contributed by atoms with Crippen molar-refractivity contribution in [1.82, 2.24) is 19.6 Å². The van der Waals surface area contributed by atoms with Gasteiger partial charge in [-0.15, -0.1) is 0 Å². The van der Waals surface area contributed by atoms with Gasteiger partial charge < -0.3 is 20.8 Å². The molecule has 0 spiro atoms. The number of fused-ring (bicyclic) bond motifs is 1. The highest BCUT2D eigenvalue weighted by molar-refractivity contribution is 7.08. The third-order valence-electron chi connectivity index (χ3n) is 5.05. The molecule has 162 valence electrons. The second-order valence-electron chi connectivity index (χ2n) is 7.63. The molecule has 4 rings (SSSR count). The lowest BCUT2D eigenvalue weighted by Gasteiger charge is -2.15. The maximum Gasteiger partial charge on any atom is 0.229 e. The third-order valence-corrected chi connectivity index (χ3v) is 5.73. The standard InChI is InChI=1S/C22H26N6O2S/c1-14(2)19-10-24-28-20(19)26-21(25-18(11-29)12-30)27-22(28)23-9-15-3-5-16(6-4-15)17-7-8-31-13-17/h3-8,10,13-14,18,29-30H,9,11-12H2,1-2H3,(H2,23,25,26,27). The molecule has 4 N–H and O–H groups in total. The van der Waals surface area contributed by atoms with Crippen LogP contribution in [0.15, 0.2) is 47.3 Å². The number of anilines is 2. The van der Waals surface area contributed by atoms with E-state index in [0.717, 1.165) is 11.1 Å². The maximum atomic E-state index is 9.41. The summed E-state index contributed by atoms with van der Waals surface area (Å²) in [7, 11) is 0. The fraction of sp³-hybridized carbons (Fsp3) is 0.318. The van der Waals surface area contributed by atoms with E-state index < -0.39 is 6.04 Å². The number of nitrogens with one attached hydrogen (secondary N) is 2. The second kappa shape index (κ2) is 9.42. The molecule has 1 aromatic carbocycles. The summed E-state index contributed by atoms with van der Waals surface area (Å²) in [6, 6.07) is 9.98. The molecule has 0 aliphatic rings. The Morgan fingerprint density at radius 3 is 2.45 bits per heavy atom. The maximum absolute atomic E-state index is 9.41. The van der Waals surface area contributed by atoms with Crippen LogP contribution in [0, 0.1) is 0 Å². The lowest BCUT2D eigenvalue weighted by Crippen LogP contribution is -2.29. The Morgan fingerprint density at radius 2 is 1.81 bits per heavy atom. The first-order valence-corrected chi connectivity index (χ1v) is 11.1. The Morgan fingerprint density at radius 1 is 1.03 bits per heavy atom. The predicted octanol–water partition coefficient (Wildman–Crippen LogP) is 3.35. The van der Waals surface area contributed by atoms with Crippen LogP contribution in [-0.2, 0) is 6.54 Å². The number of aliphatic hydroxyl groups is 2. The van der Waals surface area contributed by atoms with Gasteiger partial charge in [-0.1, -0.05) is 38.1 Å². The third kappa shape index (κ3) is 4.68. The van der Waals surface area contributed by atoms with Crippen LogP contribution < -0.4 is 10.6 Å². The molecule has 3 heterocycles. The topological polar surface area (TPSA) is 108 Å². The molecule has 0 amide bonds. The predicted molar refractivity (Wildman–Crippen MR) is 124 cm³/mol. The minimum Gasteiger partial charge on any atom is -0.394 e. The molecule has 0 aliphatic carbocycles. The molecule has 3 aromatic heterocycles. The van der Waals surface area contributed by atoms with Crippen molar-refractivity contribution in [3.63, 3.8) is 0 Å². The van der Waals surface area contributed by atoms with Crippen molar-refractivity contribution in [3.05, 3.63) is 58.4 Å². The van der Waals surface area contributed by atoms with Gasteiger partial charge >= 0.3 is 0 Å². The summed E-state index contributed by atoms with van der Waals surface area (Å²) in [4.78, 5) is 9.09. The van der Waals surface area contributed by atoms with Crippen LogP contribution in [-0.4, -0.2) is 49.1 Å². The number of thiophene rings is 1. The van der Waals surface area contributed by atoms with Crippen LogP contribution in [0.1, 0.15) is 30.9 Å². The number of rotatable bonds is 9. The lowest BCUT2D eigenvalue weighted by molar-refractivity contribution is 0.203. The van der Waals surface area contributed by atoms with Gasteiger partial charge in [0.2, 0.25) is 11.9 Å². The van der Waals surface area contributed by atoms with E-state index in [2.05, 4.69) is 80.6 Å². The van der Waals surface area contributed by atoms with Gasteiger partial charge in [0.05, 0.1) is 25.5 Å². The summed E-state index contributed by atoms with van der Waals surface area (Å²) in [6.07, 6.45) is 1.80. The first kappa shape index (κ1) is 21.2. The Kier molecular flexibility index (Phi) is 6.45. The molecule has 0 radical (unpaired) electrons. The molecule has 0 aliphatic heterocycles. The number of aromatic nitrogens is 4. The summed E-state index contributed by atoms with van der Waals surface area (Å²) in [5.41, 5.74) is 5.21. The molecule has 0 saturated heterocycles. The second-order valence-corrected chi connectivity index (χ2v) is 8.41. The summed E-state index contributed by atoms with van der Waals surface area (Å²) in [5, 5.41) is 33.8. The first-order chi connectivity index (χ1) is 15.1. The fourth-order valence-corrected chi connectivity index (χ4v) is 3.90. The summed E-state index contributed by atoms with van der Waals surface area (Å²) >= 11 is 1.69. The largest absolute Gasteiger partial charge is 0.394 e. The molecule has 0 saturated carbocycles. The van der Waals surface area contributed by atoms with Crippen molar-refractivity contribution < 1.29 is 10.2 Å². The van der Waals surface area contributed by atoms with Gasteiger partial charge in [-0.25, -0.2) is 0 Å². The van der Waals surface area contributed by atoms with E-state index in [1.54, 1.807) is 22.0 Å². The van der Waals surface area contributed by atoms with Crippen molar-refractivity contribution >= 4 is 28.9 Å². The van der Waals surface area contributed by atoms with Crippen LogP contribution in [0.4, 0.5) is 11.9 Å². The normalized spacial score (nSPS) is 11.5. The van der Waals surface area contributed by atoms with Gasteiger partial charge in [-0.3, -0.25) is 0 Å². The van der Waals surface area contributed by atoms with Crippen molar-refractivity contribution in [3.8, 4) is 11.1 Å². The Balaban J connectivity index is 1.59. The fourth-order valence-electron chi connectivity index (χ4n) is 3.24. The van der Waals surface area contributed by atoms with Crippen molar-refractivity contribution in [2.75, 3.05) is 23.8 Å². The Bertz CT molecular complexity index is 1120. The molecular weight excluding hydrogens is 412 g/mol. The number of hydrogen-bond donors (Lipinski definition) is 4. The highest BCUT2D eigenvalue weighted by Gasteiger charge is 2.17. The molecule has 0 bridgehead atoms. The van der Waals surface area contributed by atoms with Gasteiger partial charge in [-0.05, 0) is 39.4 Å². The molecule has 9 heteroatoms. The minimum absolute atomic E-state index is 0.222. The number of aliphatic hydroxyl groups excluding tert-OH is 2. The Hall–Kier alpha value is -3.01. The van der Waals surface area contributed by atoms with Gasteiger partial charge in [0.25, 0.3) is 0 Å². The highest BCUT2D eigenvalue weighted by atomic mass is 32.1. The Labute approximate surface area is 184 Å². The van der Waals surface area contributed by atoms with E-state index in [1.807, 2.05) is 0 Å². The van der Waals surface area contributed by atoms with E-state index in [9.17, 15) is 10.2 Å². The van der Waals surface area contributed by atoms with Crippen LogP contribution in [0.2, 0.25) is 0 Å². The average Bonchev–Trinajstić information content (AvgIpc) is 3.46. The van der Waals surface area contributed by atoms with E-state index in [-0.39, 0.29) is 19.1 Å². The average molecular weight is 439 g/mol. The SMILES string of the molecule is CC(C)c1cnn2c(NCc3ccc(-c4ccsc4)cc3)nc(NC(CO)CO)nc12. The molecule has 8 nitrogen and oxygen atoms in total. The summed E-state index contributed by atoms with van der Waals surface area (Å²) in [5.74, 6) is 1.11. The molecule has 0 atom stereocenters. The van der Waals surface area contributed by atoms with Crippen molar-refractivity contribution in [2.45, 2.75) is 32.4 Å². The zero-order valence-electron chi connectivity index (χ0n) is 17.5. The number of benzene rings is 1. The van der Waals surface area contributed by atoms with Crippen molar-refractivity contribution in [2.24, 2.45) is 0 Å². The minimum atomic E-state index is -0.537. The van der Waals surface area contributed by atoms with Gasteiger partial charge in [0, 0.05) is 12.1 Å². The highest BCUT2D eigenvalue weighted by Crippen LogP contribution is 2.24. The summed E-state index contributed by atoms with van der Waals surface area (Å²) in [6.45, 7) is 4.29. The molecule has 4 aromatic rings. The first-order valence-electron chi connectivity index (χ1n) is 10.2. The van der Waals surface area contributed by atoms with Gasteiger partial charge in [0.1, 0.15) is 0 Å². The zero-order valence-corrected chi connectivity index (χ0v) is 18.3. The summed E-state index contributed by atoms with van der Waals surface area (Å²) < 4.78 is 1.69. The quantitative estimate of drug-likeness (QED) is 0.317. The molecular formula is C22H26N6O2S. The smallest absolute Gasteiger partial charge is 0.229 e. The molecule has 31 heavy (non-hydrogen) atoms. The van der Waals surface area contributed by atoms with Gasteiger partial charge in [0.15, 0.2) is 5.65 Å². The van der Waals surface area contributed by atoms with Crippen molar-refractivity contribution in [1.29, 1.82) is 0 Å². The van der Waals surface area contributed by atoms with E-state index in [4.69, 9.17) is 0 Å². The molecule has 0 fully saturated rings. The van der Waals surface area contributed by atoms with Crippen LogP contribution in [0.25, 0.3) is 16.8 Å². The number of hydrogen-bond acceptors (Lipinski definition) is 8. The van der Waals surface area contributed by atoms with E-state index in [0.29, 0.717) is 24.1 Å². The lowest BCUT2D eigenvalue weighted by atomic mass is 10.1.